The van der Waals surface area contributed by atoms with Gasteiger partial charge in [0.05, 0.1) is 19.9 Å². The molecule has 2 aromatic carbocycles. The fraction of sp³-hybridized carbons (Fsp3) is 0.200. The molecule has 0 aliphatic heterocycles. The molecule has 0 aliphatic rings. The van der Waals surface area contributed by atoms with Crippen molar-refractivity contribution in [3.63, 3.8) is 0 Å². The summed E-state index contributed by atoms with van der Waals surface area (Å²) in [5.74, 6) is 0.168. The highest BCUT2D eigenvalue weighted by atomic mass is 35.5. The third-order valence-electron chi connectivity index (χ3n) is 4.39. The number of rotatable bonds is 7. The number of nitrogens with one attached hydrogen (secondary N) is 1. The summed E-state index contributed by atoms with van der Waals surface area (Å²) in [5.41, 5.74) is 1.14. The van der Waals surface area contributed by atoms with Crippen LogP contribution in [0.4, 0.5) is 5.82 Å². The molecule has 0 radical (unpaired) electrons. The van der Waals surface area contributed by atoms with E-state index in [-0.39, 0.29) is 16.2 Å². The van der Waals surface area contributed by atoms with Gasteiger partial charge in [0.1, 0.15) is 16.5 Å². The van der Waals surface area contributed by atoms with Gasteiger partial charge in [0.2, 0.25) is 10.0 Å². The maximum absolute atomic E-state index is 12.8. The van der Waals surface area contributed by atoms with Gasteiger partial charge in [0.25, 0.3) is 5.91 Å². The van der Waals surface area contributed by atoms with Gasteiger partial charge in [-0.25, -0.2) is 17.4 Å². The van der Waals surface area contributed by atoms with Crippen LogP contribution in [0.5, 0.6) is 5.75 Å². The molecule has 1 aromatic heterocycles. The predicted octanol–water partition coefficient (Wildman–Crippen LogP) is 3.10. The number of aromatic nitrogens is 2. The van der Waals surface area contributed by atoms with E-state index in [1.165, 1.54) is 39.4 Å². The number of amides is 1. The van der Waals surface area contributed by atoms with Gasteiger partial charge < -0.3 is 10.1 Å². The van der Waals surface area contributed by atoms with Crippen LogP contribution in [0.3, 0.4) is 0 Å². The lowest BCUT2D eigenvalue weighted by molar-refractivity contribution is 0.102. The molecule has 10 heteroatoms. The highest BCUT2D eigenvalue weighted by Gasteiger charge is 2.24. The Balaban J connectivity index is 1.85. The summed E-state index contributed by atoms with van der Waals surface area (Å²) < 4.78 is 33.0. The van der Waals surface area contributed by atoms with Gasteiger partial charge in [0, 0.05) is 30.7 Å². The van der Waals surface area contributed by atoms with E-state index in [0.717, 1.165) is 9.87 Å². The minimum absolute atomic E-state index is 0.0858. The number of methoxy groups -OCH3 is 1. The molecule has 0 atom stereocenters. The van der Waals surface area contributed by atoms with Crippen LogP contribution in [0, 0.1) is 0 Å². The Hall–Kier alpha value is -2.88. The summed E-state index contributed by atoms with van der Waals surface area (Å²) in [6.45, 7) is 0.433. The van der Waals surface area contributed by atoms with Crippen LogP contribution in [0.2, 0.25) is 5.02 Å². The second-order valence-corrected chi connectivity index (χ2v) is 9.16. The fourth-order valence-electron chi connectivity index (χ4n) is 2.73. The zero-order chi connectivity index (χ0) is 21.9. The zero-order valence-corrected chi connectivity index (χ0v) is 18.2. The number of nitrogens with zero attached hydrogens (tertiary/aromatic N) is 3. The van der Waals surface area contributed by atoms with Crippen LogP contribution in [-0.2, 0) is 16.6 Å². The molecule has 158 valence electrons. The van der Waals surface area contributed by atoms with Crippen molar-refractivity contribution in [2.75, 3.05) is 26.5 Å². The van der Waals surface area contributed by atoms with Crippen LogP contribution in [0.15, 0.2) is 59.6 Å². The van der Waals surface area contributed by atoms with Gasteiger partial charge in [-0.1, -0.05) is 23.7 Å². The van der Waals surface area contributed by atoms with Gasteiger partial charge in [0.15, 0.2) is 0 Å². The summed E-state index contributed by atoms with van der Waals surface area (Å²) in [5, 5.41) is 7.64. The van der Waals surface area contributed by atoms with Crippen LogP contribution >= 0.6 is 11.6 Å². The van der Waals surface area contributed by atoms with E-state index >= 15 is 0 Å². The molecule has 0 spiro atoms. The molecule has 30 heavy (non-hydrogen) atoms. The maximum Gasteiger partial charge on any atom is 0.256 e. The van der Waals surface area contributed by atoms with Gasteiger partial charge in [-0.3, -0.25) is 4.79 Å². The number of benzene rings is 2. The first-order valence-corrected chi connectivity index (χ1v) is 10.7. The average Bonchev–Trinajstić information content (AvgIpc) is 3.15. The molecule has 1 amide bonds. The lowest BCUT2D eigenvalue weighted by Crippen LogP contribution is -2.23. The Morgan fingerprint density at radius 1 is 1.17 bits per heavy atom. The van der Waals surface area contributed by atoms with Crippen molar-refractivity contribution in [3.05, 3.63) is 70.9 Å². The molecule has 8 nitrogen and oxygen atoms in total. The smallest absolute Gasteiger partial charge is 0.256 e. The van der Waals surface area contributed by atoms with Crippen LogP contribution in [-0.4, -0.2) is 49.6 Å². The van der Waals surface area contributed by atoms with Gasteiger partial charge in [-0.05, 0) is 35.9 Å². The highest BCUT2D eigenvalue weighted by molar-refractivity contribution is 7.89. The number of hydrogen-bond acceptors (Lipinski definition) is 5. The molecule has 0 fully saturated rings. The number of halogens is 1. The van der Waals surface area contributed by atoms with Crippen molar-refractivity contribution >= 4 is 33.3 Å². The summed E-state index contributed by atoms with van der Waals surface area (Å²) in [4.78, 5) is 12.7. The Kier molecular flexibility index (Phi) is 6.45. The largest absolute Gasteiger partial charge is 0.495 e. The Labute approximate surface area is 180 Å². The first-order chi connectivity index (χ1) is 14.2. The standard InChI is InChI=1S/C20H21ClN4O4S/c1-24(2)30(27,28)18-12-15(6-9-17(18)29-3)20(26)23-19-10-11-22-25(19)13-14-4-7-16(21)8-5-14/h4-12H,13H2,1-3H3,(H,23,26). The molecule has 1 heterocycles. The van der Waals surface area contributed by atoms with Gasteiger partial charge in [-0.2, -0.15) is 5.10 Å². The van der Waals surface area contributed by atoms with E-state index < -0.39 is 15.9 Å². The minimum Gasteiger partial charge on any atom is -0.495 e. The molecule has 0 saturated heterocycles. The van der Waals surface area contributed by atoms with Gasteiger partial charge in [-0.15, -0.1) is 0 Å². The molecular weight excluding hydrogens is 428 g/mol. The normalized spacial score (nSPS) is 11.5. The lowest BCUT2D eigenvalue weighted by atomic mass is 10.2. The molecular formula is C20H21ClN4O4S. The third kappa shape index (κ3) is 4.64. The minimum atomic E-state index is -3.79. The van der Waals surface area contributed by atoms with Crippen molar-refractivity contribution in [1.82, 2.24) is 14.1 Å². The molecule has 3 aromatic rings. The Bertz CT molecular complexity index is 1160. The Morgan fingerprint density at radius 2 is 1.87 bits per heavy atom. The van der Waals surface area contributed by atoms with Crippen molar-refractivity contribution in [1.29, 1.82) is 0 Å². The van der Waals surface area contributed by atoms with Crippen LogP contribution in [0.1, 0.15) is 15.9 Å². The molecule has 0 aliphatic carbocycles. The Morgan fingerprint density at radius 3 is 2.50 bits per heavy atom. The highest BCUT2D eigenvalue weighted by Crippen LogP contribution is 2.27. The van der Waals surface area contributed by atoms with Crippen molar-refractivity contribution in [2.24, 2.45) is 0 Å². The molecule has 1 N–H and O–H groups in total. The quantitative estimate of drug-likeness (QED) is 0.599. The third-order valence-corrected chi connectivity index (χ3v) is 6.48. The monoisotopic (exact) mass is 448 g/mol. The van der Waals surface area contributed by atoms with E-state index in [0.29, 0.717) is 17.4 Å². The maximum atomic E-state index is 12.8. The lowest BCUT2D eigenvalue weighted by Gasteiger charge is -2.15. The van der Waals surface area contributed by atoms with Crippen molar-refractivity contribution in [2.45, 2.75) is 11.4 Å². The predicted molar refractivity (Wildman–Crippen MR) is 115 cm³/mol. The fourth-order valence-corrected chi connectivity index (χ4v) is 3.93. The van der Waals surface area contributed by atoms with Crippen LogP contribution in [0.25, 0.3) is 0 Å². The first-order valence-electron chi connectivity index (χ1n) is 8.90. The molecule has 0 saturated carbocycles. The number of sulfonamides is 1. The first kappa shape index (κ1) is 21.8. The van der Waals surface area contributed by atoms with Crippen LogP contribution < -0.4 is 10.1 Å². The second kappa shape index (κ2) is 8.86. The summed E-state index contributed by atoms with van der Waals surface area (Å²) in [6.07, 6.45) is 1.57. The summed E-state index contributed by atoms with van der Waals surface area (Å²) >= 11 is 5.91. The molecule has 0 unspecified atom stereocenters. The number of anilines is 1. The average molecular weight is 449 g/mol. The number of hydrogen-bond donors (Lipinski definition) is 1. The number of carbonyl (C=O) groups is 1. The zero-order valence-electron chi connectivity index (χ0n) is 16.7. The van der Waals surface area contributed by atoms with E-state index in [4.69, 9.17) is 16.3 Å². The molecule has 0 bridgehead atoms. The van der Waals surface area contributed by atoms with E-state index in [1.54, 1.807) is 29.1 Å². The van der Waals surface area contributed by atoms with E-state index in [2.05, 4.69) is 10.4 Å². The second-order valence-electron chi connectivity index (χ2n) is 6.61. The van der Waals surface area contributed by atoms with E-state index in [1.807, 2.05) is 12.1 Å². The van der Waals surface area contributed by atoms with Gasteiger partial charge >= 0.3 is 0 Å². The molecule has 3 rings (SSSR count). The van der Waals surface area contributed by atoms with Crippen molar-refractivity contribution < 1.29 is 17.9 Å². The topological polar surface area (TPSA) is 93.5 Å². The summed E-state index contributed by atoms with van der Waals surface area (Å²) in [6, 6.07) is 13.2. The van der Waals surface area contributed by atoms with E-state index in [9.17, 15) is 13.2 Å². The van der Waals surface area contributed by atoms with Crippen molar-refractivity contribution in [3.8, 4) is 5.75 Å². The SMILES string of the molecule is COc1ccc(C(=O)Nc2ccnn2Cc2ccc(Cl)cc2)cc1S(=O)(=O)N(C)C. The number of ether oxygens (including phenoxy) is 1. The number of carbonyl (C=O) groups excluding carboxylic acids is 1. The summed E-state index contributed by atoms with van der Waals surface area (Å²) in [7, 11) is 0.411.